The molecule has 1 N–H and O–H groups in total. The van der Waals surface area contributed by atoms with Crippen molar-refractivity contribution in [1.29, 1.82) is 0 Å². The molecule has 2 fully saturated rings. The van der Waals surface area contributed by atoms with Crippen LogP contribution in [0.2, 0.25) is 0 Å². The van der Waals surface area contributed by atoms with Crippen LogP contribution in [0.3, 0.4) is 0 Å². The number of hydrogen-bond donors (Lipinski definition) is 1. The van der Waals surface area contributed by atoms with E-state index in [0.29, 0.717) is 12.0 Å². The van der Waals surface area contributed by atoms with Crippen molar-refractivity contribution in [2.45, 2.75) is 59.6 Å². The van der Waals surface area contributed by atoms with Crippen molar-refractivity contribution in [3.63, 3.8) is 0 Å². The molecule has 0 radical (unpaired) electrons. The topological polar surface area (TPSA) is 46.1 Å². The maximum atomic E-state index is 6.19. The molecule has 0 bridgehead atoms. The number of benzene rings is 1. The normalized spacial score (nSPS) is 22.5. The van der Waals surface area contributed by atoms with Gasteiger partial charge in [-0.1, -0.05) is 12.1 Å². The van der Waals surface area contributed by atoms with Crippen molar-refractivity contribution in [3.05, 3.63) is 29.3 Å². The van der Waals surface area contributed by atoms with Gasteiger partial charge in [-0.05, 0) is 59.1 Å². The third-order valence-electron chi connectivity index (χ3n) is 5.30. The van der Waals surface area contributed by atoms with E-state index in [1.807, 2.05) is 0 Å². The van der Waals surface area contributed by atoms with Gasteiger partial charge in [-0.25, -0.2) is 4.99 Å². The Labute approximate surface area is 187 Å². The van der Waals surface area contributed by atoms with Crippen molar-refractivity contribution >= 4 is 29.9 Å². The number of aryl methyl sites for hydroxylation is 1. The van der Waals surface area contributed by atoms with Crippen LogP contribution in [0.25, 0.3) is 0 Å². The van der Waals surface area contributed by atoms with Crippen LogP contribution >= 0.6 is 24.0 Å². The molecule has 1 aromatic carbocycles. The van der Waals surface area contributed by atoms with Crippen LogP contribution in [0.5, 0.6) is 5.75 Å². The molecule has 28 heavy (non-hydrogen) atoms. The van der Waals surface area contributed by atoms with Crippen LogP contribution in [0.4, 0.5) is 0 Å². The summed E-state index contributed by atoms with van der Waals surface area (Å²) in [6.45, 7) is 15.8. The lowest BCUT2D eigenvalue weighted by molar-refractivity contribution is 0.129. The molecule has 0 amide bonds. The van der Waals surface area contributed by atoms with Gasteiger partial charge >= 0.3 is 0 Å². The summed E-state index contributed by atoms with van der Waals surface area (Å²) in [5.41, 5.74) is 2.45. The fourth-order valence-corrected chi connectivity index (χ4v) is 3.89. The Balaban J connectivity index is 0.00000280. The Kier molecular flexibility index (Phi) is 8.02. The number of nitrogens with zero attached hydrogens (tertiary/aromatic N) is 2. The molecule has 1 aromatic rings. The highest BCUT2D eigenvalue weighted by molar-refractivity contribution is 14.0. The van der Waals surface area contributed by atoms with Gasteiger partial charge in [0, 0.05) is 37.2 Å². The lowest BCUT2D eigenvalue weighted by atomic mass is 9.87. The van der Waals surface area contributed by atoms with E-state index in [1.165, 1.54) is 18.4 Å². The number of likely N-dealkylation sites (tertiary alicyclic amines) is 1. The maximum Gasteiger partial charge on any atom is 0.194 e. The summed E-state index contributed by atoms with van der Waals surface area (Å²) in [5, 5.41) is 3.47. The number of halogens is 1. The molecule has 5 nitrogen and oxygen atoms in total. The molecule has 6 heteroatoms. The Morgan fingerprint density at radius 3 is 2.75 bits per heavy atom. The zero-order valence-corrected chi connectivity index (χ0v) is 20.3. The summed E-state index contributed by atoms with van der Waals surface area (Å²) >= 11 is 0. The first kappa shape index (κ1) is 23.3. The minimum Gasteiger partial charge on any atom is -0.488 e. The lowest BCUT2D eigenvalue weighted by Crippen LogP contribution is -2.41. The van der Waals surface area contributed by atoms with E-state index in [0.717, 1.165) is 50.1 Å². The van der Waals surface area contributed by atoms with Gasteiger partial charge in [-0.2, -0.15) is 0 Å². The quantitative estimate of drug-likeness (QED) is 0.378. The summed E-state index contributed by atoms with van der Waals surface area (Å²) in [5.74, 6) is 1.94. The Hall–Kier alpha value is -1.02. The standard InChI is InChI=1S/C22H35N3O2.HI/c1-6-23-20(25-11-9-22(15-25)10-12-26-16-22)24-14-18-8-7-17(2)13-19(18)27-21(3,4)5;/h7-8,13H,6,9-12,14-16H2,1-5H3,(H,23,24);1H. The van der Waals surface area contributed by atoms with Gasteiger partial charge in [-0.15, -0.1) is 24.0 Å². The third kappa shape index (κ3) is 5.99. The number of rotatable bonds is 4. The van der Waals surface area contributed by atoms with Gasteiger partial charge in [0.1, 0.15) is 11.4 Å². The third-order valence-corrected chi connectivity index (χ3v) is 5.30. The summed E-state index contributed by atoms with van der Waals surface area (Å²) < 4.78 is 11.9. The molecule has 2 aliphatic rings. The monoisotopic (exact) mass is 501 g/mol. The Bertz CT molecular complexity index is 679. The van der Waals surface area contributed by atoms with Gasteiger partial charge < -0.3 is 19.7 Å². The lowest BCUT2D eigenvalue weighted by Gasteiger charge is -2.25. The fraction of sp³-hybridized carbons (Fsp3) is 0.682. The molecule has 1 spiro atoms. The van der Waals surface area contributed by atoms with E-state index < -0.39 is 0 Å². The predicted molar refractivity (Wildman–Crippen MR) is 126 cm³/mol. The number of nitrogens with one attached hydrogen (secondary N) is 1. The molecule has 1 unspecified atom stereocenters. The highest BCUT2D eigenvalue weighted by atomic mass is 127. The van der Waals surface area contributed by atoms with Crippen molar-refractivity contribution in [2.24, 2.45) is 10.4 Å². The van der Waals surface area contributed by atoms with Crippen molar-refractivity contribution in [3.8, 4) is 5.75 Å². The molecule has 0 aliphatic carbocycles. The largest absolute Gasteiger partial charge is 0.488 e. The summed E-state index contributed by atoms with van der Waals surface area (Å²) in [6, 6.07) is 6.39. The van der Waals surface area contributed by atoms with E-state index in [-0.39, 0.29) is 29.6 Å². The number of hydrogen-bond acceptors (Lipinski definition) is 3. The van der Waals surface area contributed by atoms with Crippen molar-refractivity contribution < 1.29 is 9.47 Å². The van der Waals surface area contributed by atoms with Gasteiger partial charge in [-0.3, -0.25) is 0 Å². The van der Waals surface area contributed by atoms with Gasteiger partial charge in [0.2, 0.25) is 0 Å². The maximum absolute atomic E-state index is 6.19. The smallest absolute Gasteiger partial charge is 0.194 e. The van der Waals surface area contributed by atoms with Gasteiger partial charge in [0.25, 0.3) is 0 Å². The van der Waals surface area contributed by atoms with Gasteiger partial charge in [0.15, 0.2) is 5.96 Å². The van der Waals surface area contributed by atoms with Crippen LogP contribution in [0.15, 0.2) is 23.2 Å². The molecule has 0 aromatic heterocycles. The zero-order chi connectivity index (χ0) is 19.5. The fourth-order valence-electron chi connectivity index (χ4n) is 3.89. The number of ether oxygens (including phenoxy) is 2. The van der Waals surface area contributed by atoms with Crippen LogP contribution in [-0.2, 0) is 11.3 Å². The average molecular weight is 501 g/mol. The zero-order valence-electron chi connectivity index (χ0n) is 18.0. The van der Waals surface area contributed by atoms with E-state index >= 15 is 0 Å². The molecule has 1 atom stereocenters. The van der Waals surface area contributed by atoms with E-state index in [2.05, 4.69) is 63.0 Å². The molecule has 158 valence electrons. The van der Waals surface area contributed by atoms with E-state index in [1.54, 1.807) is 0 Å². The number of guanidine groups is 1. The van der Waals surface area contributed by atoms with Crippen LogP contribution in [0, 0.1) is 12.3 Å². The highest BCUT2D eigenvalue weighted by Gasteiger charge is 2.42. The van der Waals surface area contributed by atoms with Crippen molar-refractivity contribution in [2.75, 3.05) is 32.8 Å². The van der Waals surface area contributed by atoms with Gasteiger partial charge in [0.05, 0.1) is 13.2 Å². The van der Waals surface area contributed by atoms with Crippen LogP contribution < -0.4 is 10.1 Å². The first-order chi connectivity index (χ1) is 12.8. The molecule has 2 heterocycles. The summed E-state index contributed by atoms with van der Waals surface area (Å²) in [4.78, 5) is 7.35. The summed E-state index contributed by atoms with van der Waals surface area (Å²) in [7, 11) is 0. The second-order valence-electron chi connectivity index (χ2n) is 8.97. The number of aliphatic imine (C=N–C) groups is 1. The molecular weight excluding hydrogens is 465 g/mol. The minimum absolute atomic E-state index is 0. The highest BCUT2D eigenvalue weighted by Crippen LogP contribution is 2.38. The van der Waals surface area contributed by atoms with Crippen molar-refractivity contribution in [1.82, 2.24) is 10.2 Å². The molecular formula is C22H36IN3O2. The Morgan fingerprint density at radius 1 is 1.32 bits per heavy atom. The summed E-state index contributed by atoms with van der Waals surface area (Å²) in [6.07, 6.45) is 2.37. The first-order valence-corrected chi connectivity index (χ1v) is 10.2. The predicted octanol–water partition coefficient (Wildman–Crippen LogP) is 4.37. The molecule has 2 saturated heterocycles. The average Bonchev–Trinajstić information content (AvgIpc) is 3.22. The first-order valence-electron chi connectivity index (χ1n) is 10.2. The second-order valence-corrected chi connectivity index (χ2v) is 8.97. The van der Waals surface area contributed by atoms with Crippen LogP contribution in [0.1, 0.15) is 51.7 Å². The minimum atomic E-state index is -0.222. The SMILES string of the molecule is CCNC(=NCc1ccc(C)cc1OC(C)(C)C)N1CCC2(CCOC2)C1.I. The van der Waals surface area contributed by atoms with E-state index in [4.69, 9.17) is 14.5 Å². The molecule has 0 saturated carbocycles. The van der Waals surface area contributed by atoms with E-state index in [9.17, 15) is 0 Å². The second kappa shape index (κ2) is 9.65. The molecule has 3 rings (SSSR count). The molecule has 2 aliphatic heterocycles. The Morgan fingerprint density at radius 2 is 2.11 bits per heavy atom. The van der Waals surface area contributed by atoms with Crippen LogP contribution in [-0.4, -0.2) is 49.3 Å².